The highest BCUT2D eigenvalue weighted by atomic mass is 16.1. The molecule has 1 fully saturated rings. The summed E-state index contributed by atoms with van der Waals surface area (Å²) in [5.74, 6) is 0.855. The van der Waals surface area contributed by atoms with E-state index in [0.717, 1.165) is 13.0 Å². The second kappa shape index (κ2) is 6.11. The van der Waals surface area contributed by atoms with E-state index in [4.69, 9.17) is 0 Å². The van der Waals surface area contributed by atoms with Gasteiger partial charge in [0.2, 0.25) is 5.91 Å². The van der Waals surface area contributed by atoms with E-state index >= 15 is 0 Å². The van der Waals surface area contributed by atoms with E-state index < -0.39 is 0 Å². The lowest BCUT2D eigenvalue weighted by molar-refractivity contribution is -0.121. The maximum Gasteiger partial charge on any atom is 0.221 e. The smallest absolute Gasteiger partial charge is 0.221 e. The van der Waals surface area contributed by atoms with E-state index in [0.29, 0.717) is 24.4 Å². The summed E-state index contributed by atoms with van der Waals surface area (Å²) in [4.78, 5) is 11.6. The Balaban J connectivity index is 2.12. The van der Waals surface area contributed by atoms with E-state index in [1.54, 1.807) is 0 Å². The molecule has 2 N–H and O–H groups in total. The van der Waals surface area contributed by atoms with Crippen LogP contribution in [0.3, 0.4) is 0 Å². The van der Waals surface area contributed by atoms with E-state index in [9.17, 15) is 4.79 Å². The van der Waals surface area contributed by atoms with Gasteiger partial charge in [0.15, 0.2) is 0 Å². The van der Waals surface area contributed by atoms with Crippen molar-refractivity contribution in [1.29, 1.82) is 0 Å². The van der Waals surface area contributed by atoms with E-state index in [1.807, 2.05) is 0 Å². The van der Waals surface area contributed by atoms with Crippen LogP contribution < -0.4 is 10.6 Å². The number of hydrogen-bond acceptors (Lipinski definition) is 2. The Labute approximate surface area is 93.0 Å². The van der Waals surface area contributed by atoms with Crippen LogP contribution in [0.25, 0.3) is 0 Å². The molecule has 15 heavy (non-hydrogen) atoms. The van der Waals surface area contributed by atoms with Crippen molar-refractivity contribution < 1.29 is 4.79 Å². The van der Waals surface area contributed by atoms with Crippen molar-refractivity contribution in [2.24, 2.45) is 5.92 Å². The van der Waals surface area contributed by atoms with Crippen LogP contribution in [0, 0.1) is 5.92 Å². The van der Waals surface area contributed by atoms with Crippen molar-refractivity contribution in [2.45, 2.75) is 58.5 Å². The summed E-state index contributed by atoms with van der Waals surface area (Å²) in [5.41, 5.74) is 0. The molecular formula is C12H24N2O. The van der Waals surface area contributed by atoms with Crippen LogP contribution in [-0.4, -0.2) is 24.5 Å². The number of amides is 1. The first-order valence-electron chi connectivity index (χ1n) is 6.12. The van der Waals surface area contributed by atoms with E-state index in [1.165, 1.54) is 12.8 Å². The number of carbonyl (C=O) groups excluding carboxylic acids is 1. The molecule has 0 aromatic carbocycles. The molecule has 1 aliphatic rings. The molecule has 88 valence electrons. The van der Waals surface area contributed by atoms with Crippen LogP contribution in [0.15, 0.2) is 0 Å². The third-order valence-electron chi connectivity index (χ3n) is 3.11. The molecule has 0 aromatic rings. The monoisotopic (exact) mass is 212 g/mol. The fourth-order valence-corrected chi connectivity index (χ4v) is 2.11. The van der Waals surface area contributed by atoms with E-state index in [-0.39, 0.29) is 5.91 Å². The molecule has 1 aliphatic carbocycles. The summed E-state index contributed by atoms with van der Waals surface area (Å²) in [5, 5.41) is 6.38. The van der Waals surface area contributed by atoms with Crippen molar-refractivity contribution >= 4 is 5.91 Å². The minimum atomic E-state index is 0.196. The quantitative estimate of drug-likeness (QED) is 0.728. The van der Waals surface area contributed by atoms with Crippen LogP contribution in [0.4, 0.5) is 0 Å². The van der Waals surface area contributed by atoms with Crippen LogP contribution >= 0.6 is 0 Å². The highest BCUT2D eigenvalue weighted by Crippen LogP contribution is 2.24. The lowest BCUT2D eigenvalue weighted by atomic mass is 10.1. The zero-order valence-corrected chi connectivity index (χ0v) is 10.2. The fraction of sp³-hybridized carbons (Fsp3) is 0.917. The van der Waals surface area contributed by atoms with Gasteiger partial charge in [-0.1, -0.05) is 27.2 Å². The standard InChI is InChI=1S/C12H24N2O/c1-9(2)13-8-7-12(15)14-11-6-4-5-10(11)3/h9-11,13H,4-8H2,1-3H3,(H,14,15). The molecule has 0 spiro atoms. The average molecular weight is 212 g/mol. The van der Waals surface area contributed by atoms with Gasteiger partial charge in [-0.3, -0.25) is 4.79 Å². The second-order valence-corrected chi connectivity index (χ2v) is 4.94. The Kier molecular flexibility index (Phi) is 5.09. The number of carbonyl (C=O) groups is 1. The molecular weight excluding hydrogens is 188 g/mol. The van der Waals surface area contributed by atoms with Gasteiger partial charge in [-0.25, -0.2) is 0 Å². The van der Waals surface area contributed by atoms with Gasteiger partial charge in [0, 0.05) is 25.0 Å². The highest BCUT2D eigenvalue weighted by Gasteiger charge is 2.24. The molecule has 0 aliphatic heterocycles. The molecule has 1 saturated carbocycles. The van der Waals surface area contributed by atoms with Gasteiger partial charge < -0.3 is 10.6 Å². The first-order chi connectivity index (χ1) is 7.09. The molecule has 0 bridgehead atoms. The van der Waals surface area contributed by atoms with Crippen LogP contribution in [0.5, 0.6) is 0 Å². The first-order valence-corrected chi connectivity index (χ1v) is 6.12. The van der Waals surface area contributed by atoms with Gasteiger partial charge in [-0.15, -0.1) is 0 Å². The molecule has 2 unspecified atom stereocenters. The third-order valence-corrected chi connectivity index (χ3v) is 3.11. The van der Waals surface area contributed by atoms with E-state index in [2.05, 4.69) is 31.4 Å². The Morgan fingerprint density at radius 3 is 2.67 bits per heavy atom. The third kappa shape index (κ3) is 4.65. The van der Waals surface area contributed by atoms with Gasteiger partial charge in [-0.05, 0) is 18.8 Å². The second-order valence-electron chi connectivity index (χ2n) is 4.94. The van der Waals surface area contributed by atoms with Crippen LogP contribution in [-0.2, 0) is 4.79 Å². The zero-order valence-electron chi connectivity index (χ0n) is 10.2. The first kappa shape index (κ1) is 12.5. The van der Waals surface area contributed by atoms with Crippen molar-refractivity contribution in [3.8, 4) is 0 Å². The molecule has 0 radical (unpaired) electrons. The predicted octanol–water partition coefficient (Wildman–Crippen LogP) is 1.68. The molecule has 0 aromatic heterocycles. The maximum absolute atomic E-state index is 11.6. The van der Waals surface area contributed by atoms with Crippen LogP contribution in [0.1, 0.15) is 46.5 Å². The Hall–Kier alpha value is -0.570. The lowest BCUT2D eigenvalue weighted by Gasteiger charge is -2.17. The van der Waals surface area contributed by atoms with Crippen molar-refractivity contribution in [2.75, 3.05) is 6.54 Å². The molecule has 2 atom stereocenters. The maximum atomic E-state index is 11.6. The molecule has 3 heteroatoms. The normalized spacial score (nSPS) is 25.9. The van der Waals surface area contributed by atoms with Gasteiger partial charge >= 0.3 is 0 Å². The summed E-state index contributed by atoms with van der Waals surface area (Å²) >= 11 is 0. The summed E-state index contributed by atoms with van der Waals surface area (Å²) in [6, 6.07) is 0.889. The summed E-state index contributed by atoms with van der Waals surface area (Å²) in [6.07, 6.45) is 4.28. The minimum absolute atomic E-state index is 0.196. The van der Waals surface area contributed by atoms with Gasteiger partial charge in [0.1, 0.15) is 0 Å². The van der Waals surface area contributed by atoms with Crippen molar-refractivity contribution in [1.82, 2.24) is 10.6 Å². The van der Waals surface area contributed by atoms with Crippen LogP contribution in [0.2, 0.25) is 0 Å². The largest absolute Gasteiger partial charge is 0.353 e. The summed E-state index contributed by atoms with van der Waals surface area (Å²) in [6.45, 7) is 7.20. The Bertz CT molecular complexity index is 204. The average Bonchev–Trinajstić information content (AvgIpc) is 2.51. The van der Waals surface area contributed by atoms with Gasteiger partial charge in [-0.2, -0.15) is 0 Å². The summed E-state index contributed by atoms with van der Waals surface area (Å²) in [7, 11) is 0. The zero-order chi connectivity index (χ0) is 11.3. The molecule has 1 rings (SSSR count). The van der Waals surface area contributed by atoms with Crippen molar-refractivity contribution in [3.63, 3.8) is 0 Å². The molecule has 3 nitrogen and oxygen atoms in total. The Morgan fingerprint density at radius 1 is 1.40 bits per heavy atom. The number of hydrogen-bond donors (Lipinski definition) is 2. The lowest BCUT2D eigenvalue weighted by Crippen LogP contribution is -2.38. The number of rotatable bonds is 5. The number of nitrogens with one attached hydrogen (secondary N) is 2. The topological polar surface area (TPSA) is 41.1 Å². The Morgan fingerprint density at radius 2 is 2.13 bits per heavy atom. The fourth-order valence-electron chi connectivity index (χ4n) is 2.11. The minimum Gasteiger partial charge on any atom is -0.353 e. The van der Waals surface area contributed by atoms with Crippen molar-refractivity contribution in [3.05, 3.63) is 0 Å². The predicted molar refractivity (Wildman–Crippen MR) is 62.7 cm³/mol. The molecule has 0 saturated heterocycles. The van der Waals surface area contributed by atoms with Gasteiger partial charge in [0.25, 0.3) is 0 Å². The summed E-state index contributed by atoms with van der Waals surface area (Å²) < 4.78 is 0. The van der Waals surface area contributed by atoms with Gasteiger partial charge in [0.05, 0.1) is 0 Å². The molecule has 0 heterocycles. The SMILES string of the molecule is CC(C)NCCC(=O)NC1CCCC1C. The highest BCUT2D eigenvalue weighted by molar-refractivity contribution is 5.76. The molecule has 1 amide bonds.